The highest BCUT2D eigenvalue weighted by molar-refractivity contribution is 7.91. The predicted octanol–water partition coefficient (Wildman–Crippen LogP) is 1.08. The molecule has 0 saturated heterocycles. The second-order valence-corrected chi connectivity index (χ2v) is 5.28. The molecule has 76 valence electrons. The molecule has 0 aromatic rings. The Bertz CT molecular complexity index is 198. The van der Waals surface area contributed by atoms with Crippen LogP contribution >= 0.6 is 0 Å². The van der Waals surface area contributed by atoms with Crippen LogP contribution in [0.25, 0.3) is 0 Å². The molecule has 1 unspecified atom stereocenters. The van der Waals surface area contributed by atoms with Gasteiger partial charge in [-0.2, -0.15) is 0 Å². The largest absolute Gasteiger partial charge is 0.591 e. The van der Waals surface area contributed by atoms with Crippen LogP contribution in [0.2, 0.25) is 0 Å². The number of carbonyl (C=O) groups is 1. The number of hydrogen-bond donors (Lipinski definition) is 0. The summed E-state index contributed by atoms with van der Waals surface area (Å²) in [4.78, 5) is 10.8. The molecule has 0 aromatic heterocycles. The monoisotopic (exact) mass is 205 g/mol. The van der Waals surface area contributed by atoms with Crippen LogP contribution in [0.15, 0.2) is 4.40 Å². The molecule has 0 amide bonds. The van der Waals surface area contributed by atoms with Gasteiger partial charge >= 0.3 is 5.97 Å². The number of esters is 1. The van der Waals surface area contributed by atoms with Crippen LogP contribution in [0.1, 0.15) is 27.7 Å². The zero-order valence-electron chi connectivity index (χ0n) is 8.36. The van der Waals surface area contributed by atoms with E-state index >= 15 is 0 Å². The Morgan fingerprint density at radius 3 is 2.54 bits per heavy atom. The molecular formula is C8H15NO3S. The van der Waals surface area contributed by atoms with Crippen molar-refractivity contribution < 1.29 is 14.1 Å². The van der Waals surface area contributed by atoms with Crippen molar-refractivity contribution in [3.63, 3.8) is 0 Å². The van der Waals surface area contributed by atoms with Crippen molar-refractivity contribution in [2.24, 2.45) is 4.40 Å². The molecule has 0 spiro atoms. The highest BCUT2D eigenvalue weighted by Gasteiger charge is 2.26. The fourth-order valence-corrected chi connectivity index (χ4v) is 0.927. The minimum Gasteiger partial charge on any atom is -0.591 e. The van der Waals surface area contributed by atoms with E-state index in [1.807, 2.05) is 0 Å². The van der Waals surface area contributed by atoms with Gasteiger partial charge in [0.1, 0.15) is 16.1 Å². The molecule has 4 nitrogen and oxygen atoms in total. The quantitative estimate of drug-likeness (QED) is 0.393. The Hall–Kier alpha value is -0.550. The highest BCUT2D eigenvalue weighted by Crippen LogP contribution is 2.16. The number of hydrogen-bond acceptors (Lipinski definition) is 4. The predicted molar refractivity (Wildman–Crippen MR) is 53.0 cm³/mol. The summed E-state index contributed by atoms with van der Waals surface area (Å²) >= 11 is -1.39. The molecule has 1 atom stereocenters. The number of rotatable bonds is 3. The van der Waals surface area contributed by atoms with E-state index in [1.165, 1.54) is 0 Å². The SMILES string of the molecule is CCOC(=O)/C=N\[S+]([O-])C(C)(C)C. The van der Waals surface area contributed by atoms with Gasteiger partial charge in [0.25, 0.3) is 0 Å². The molecule has 0 bridgehead atoms. The summed E-state index contributed by atoms with van der Waals surface area (Å²) in [6.45, 7) is 7.35. The average Bonchev–Trinajstić information content (AvgIpc) is 1.99. The van der Waals surface area contributed by atoms with Gasteiger partial charge in [0.15, 0.2) is 6.21 Å². The van der Waals surface area contributed by atoms with Gasteiger partial charge in [-0.3, -0.25) is 0 Å². The number of ether oxygens (including phenoxy) is 1. The van der Waals surface area contributed by atoms with Crippen molar-refractivity contribution >= 4 is 23.5 Å². The first-order valence-electron chi connectivity index (χ1n) is 4.00. The maximum absolute atomic E-state index is 11.3. The third-order valence-electron chi connectivity index (χ3n) is 1.06. The maximum atomic E-state index is 11.3. The first-order valence-corrected chi connectivity index (χ1v) is 5.11. The summed E-state index contributed by atoms with van der Waals surface area (Å²) in [6.07, 6.45) is 0.963. The Kier molecular flexibility index (Phi) is 5.02. The van der Waals surface area contributed by atoms with Gasteiger partial charge in [-0.1, -0.05) is 4.40 Å². The number of nitrogens with zero attached hydrogens (tertiary/aromatic N) is 1. The molecule has 0 N–H and O–H groups in total. The van der Waals surface area contributed by atoms with Crippen molar-refractivity contribution in [1.82, 2.24) is 0 Å². The van der Waals surface area contributed by atoms with Crippen LogP contribution in [0.5, 0.6) is 0 Å². The van der Waals surface area contributed by atoms with E-state index in [0.29, 0.717) is 6.61 Å². The third kappa shape index (κ3) is 5.65. The summed E-state index contributed by atoms with van der Waals surface area (Å²) in [7, 11) is 0. The summed E-state index contributed by atoms with van der Waals surface area (Å²) in [5.74, 6) is -0.555. The lowest BCUT2D eigenvalue weighted by atomic mass is 10.3. The van der Waals surface area contributed by atoms with Crippen LogP contribution in [0, 0.1) is 0 Å². The first-order chi connectivity index (χ1) is 5.88. The molecule has 0 fully saturated rings. The molecular weight excluding hydrogens is 190 g/mol. The standard InChI is InChI=1S/C8H15NO3S/c1-5-12-7(10)6-9-13(11)8(2,3)4/h6H,5H2,1-4H3/b9-6-. The van der Waals surface area contributed by atoms with E-state index in [1.54, 1.807) is 27.7 Å². The van der Waals surface area contributed by atoms with E-state index < -0.39 is 22.1 Å². The lowest BCUT2D eigenvalue weighted by Gasteiger charge is -2.17. The second-order valence-electron chi connectivity index (χ2n) is 3.35. The van der Waals surface area contributed by atoms with Crippen molar-refractivity contribution in [3.8, 4) is 0 Å². The van der Waals surface area contributed by atoms with E-state index in [2.05, 4.69) is 9.13 Å². The molecule has 0 aliphatic heterocycles. The van der Waals surface area contributed by atoms with E-state index in [4.69, 9.17) is 0 Å². The van der Waals surface area contributed by atoms with Gasteiger partial charge in [-0.25, -0.2) is 4.79 Å². The zero-order chi connectivity index (χ0) is 10.5. The summed E-state index contributed by atoms with van der Waals surface area (Å²) in [6, 6.07) is 0. The fraction of sp³-hybridized carbons (Fsp3) is 0.750. The molecule has 5 heteroatoms. The average molecular weight is 205 g/mol. The summed E-state index contributed by atoms with van der Waals surface area (Å²) in [5, 5.41) is 0. The Balaban J connectivity index is 4.05. The molecule has 0 radical (unpaired) electrons. The fourth-order valence-electron chi connectivity index (χ4n) is 0.429. The maximum Gasteiger partial charge on any atom is 0.354 e. The Labute approximate surface area is 81.7 Å². The van der Waals surface area contributed by atoms with Crippen LogP contribution in [0.4, 0.5) is 0 Å². The van der Waals surface area contributed by atoms with Crippen molar-refractivity contribution in [2.75, 3.05) is 6.61 Å². The Morgan fingerprint density at radius 2 is 2.15 bits per heavy atom. The van der Waals surface area contributed by atoms with Crippen molar-refractivity contribution in [1.29, 1.82) is 0 Å². The molecule has 0 heterocycles. The van der Waals surface area contributed by atoms with Gasteiger partial charge in [0, 0.05) is 0 Å². The van der Waals surface area contributed by atoms with Gasteiger partial charge in [-0.05, 0) is 27.7 Å². The summed E-state index contributed by atoms with van der Waals surface area (Å²) in [5.41, 5.74) is 0. The Morgan fingerprint density at radius 1 is 1.62 bits per heavy atom. The van der Waals surface area contributed by atoms with Gasteiger partial charge in [-0.15, -0.1) is 0 Å². The summed E-state index contributed by atoms with van der Waals surface area (Å²) < 4.78 is 19.0. The zero-order valence-corrected chi connectivity index (χ0v) is 9.18. The molecule has 0 saturated carbocycles. The second kappa shape index (κ2) is 5.24. The smallest absolute Gasteiger partial charge is 0.354 e. The van der Waals surface area contributed by atoms with Crippen LogP contribution in [0.3, 0.4) is 0 Å². The first kappa shape index (κ1) is 12.4. The van der Waals surface area contributed by atoms with Gasteiger partial charge < -0.3 is 9.29 Å². The minimum atomic E-state index is -1.39. The molecule has 0 rings (SSSR count). The van der Waals surface area contributed by atoms with Crippen LogP contribution in [-0.4, -0.2) is 28.1 Å². The molecule has 0 aliphatic carbocycles. The number of carbonyl (C=O) groups excluding carboxylic acids is 1. The molecule has 0 aromatic carbocycles. The topological polar surface area (TPSA) is 61.7 Å². The minimum absolute atomic E-state index is 0.299. The van der Waals surface area contributed by atoms with Crippen molar-refractivity contribution in [2.45, 2.75) is 32.4 Å². The van der Waals surface area contributed by atoms with Gasteiger partial charge in [0.2, 0.25) is 0 Å². The molecule has 0 aliphatic rings. The van der Waals surface area contributed by atoms with Crippen molar-refractivity contribution in [3.05, 3.63) is 0 Å². The van der Waals surface area contributed by atoms with Crippen LogP contribution in [-0.2, 0) is 20.9 Å². The van der Waals surface area contributed by atoms with Gasteiger partial charge in [0.05, 0.1) is 6.61 Å². The van der Waals surface area contributed by atoms with E-state index in [9.17, 15) is 9.35 Å². The molecule has 13 heavy (non-hydrogen) atoms. The van der Waals surface area contributed by atoms with Crippen LogP contribution < -0.4 is 0 Å². The highest BCUT2D eigenvalue weighted by atomic mass is 32.2. The lowest BCUT2D eigenvalue weighted by molar-refractivity contribution is -0.134. The normalized spacial score (nSPS) is 14.5. The van der Waals surface area contributed by atoms with E-state index in [-0.39, 0.29) is 0 Å². The van der Waals surface area contributed by atoms with E-state index in [0.717, 1.165) is 6.21 Å². The third-order valence-corrected chi connectivity index (χ3v) is 2.41. The lowest BCUT2D eigenvalue weighted by Crippen LogP contribution is -2.26.